The maximum absolute atomic E-state index is 6.36. The molecule has 1 aliphatic heterocycles. The van der Waals surface area contributed by atoms with Crippen molar-refractivity contribution in [3.8, 4) is 11.5 Å². The molecule has 3 aromatic carbocycles. The first-order chi connectivity index (χ1) is 14.1. The molecule has 29 heavy (non-hydrogen) atoms. The standard InChI is InChI=1S/C25H27O3S/c1-25(2)18-21-23(15-14-22(24(21)28-25)27-17-16-26-3)29(19-10-6-4-7-11-19)20-12-8-5-9-13-20/h4-15H,16-18H2,1-3H3/q+1. The Bertz CT molecular complexity index is 915. The fourth-order valence-electron chi connectivity index (χ4n) is 3.65. The van der Waals surface area contributed by atoms with E-state index in [-0.39, 0.29) is 16.5 Å². The Morgan fingerprint density at radius 2 is 1.48 bits per heavy atom. The van der Waals surface area contributed by atoms with Gasteiger partial charge in [0.1, 0.15) is 12.2 Å². The summed E-state index contributed by atoms with van der Waals surface area (Å²) >= 11 is 0. The van der Waals surface area contributed by atoms with Crippen LogP contribution in [0, 0.1) is 0 Å². The molecule has 0 radical (unpaired) electrons. The van der Waals surface area contributed by atoms with Gasteiger partial charge in [-0.2, -0.15) is 0 Å². The predicted molar refractivity (Wildman–Crippen MR) is 117 cm³/mol. The molecule has 0 amide bonds. The van der Waals surface area contributed by atoms with Crippen molar-refractivity contribution in [2.24, 2.45) is 0 Å². The zero-order valence-corrected chi connectivity index (χ0v) is 18.0. The van der Waals surface area contributed by atoms with Crippen LogP contribution in [0.3, 0.4) is 0 Å². The number of fused-ring (bicyclic) bond motifs is 1. The first kappa shape index (κ1) is 19.9. The van der Waals surface area contributed by atoms with Crippen LogP contribution in [0.2, 0.25) is 0 Å². The molecule has 0 N–H and O–H groups in total. The average Bonchev–Trinajstić information content (AvgIpc) is 3.07. The van der Waals surface area contributed by atoms with Crippen molar-refractivity contribution in [1.82, 2.24) is 0 Å². The van der Waals surface area contributed by atoms with Gasteiger partial charge in [-0.25, -0.2) is 0 Å². The number of benzene rings is 3. The molecule has 0 aromatic heterocycles. The minimum Gasteiger partial charge on any atom is -0.487 e. The highest BCUT2D eigenvalue weighted by Gasteiger charge is 2.41. The van der Waals surface area contributed by atoms with E-state index >= 15 is 0 Å². The third kappa shape index (κ3) is 4.29. The number of hydrogen-bond donors (Lipinski definition) is 0. The van der Waals surface area contributed by atoms with Gasteiger partial charge in [0.2, 0.25) is 0 Å². The van der Waals surface area contributed by atoms with Crippen molar-refractivity contribution in [1.29, 1.82) is 0 Å². The summed E-state index contributed by atoms with van der Waals surface area (Å²) in [4.78, 5) is 3.92. The van der Waals surface area contributed by atoms with E-state index in [1.54, 1.807) is 7.11 Å². The van der Waals surface area contributed by atoms with E-state index in [1.807, 2.05) is 0 Å². The molecule has 0 atom stereocenters. The van der Waals surface area contributed by atoms with Gasteiger partial charge < -0.3 is 14.2 Å². The summed E-state index contributed by atoms with van der Waals surface area (Å²) in [7, 11) is 1.48. The molecule has 1 heterocycles. The van der Waals surface area contributed by atoms with Crippen LogP contribution < -0.4 is 9.47 Å². The highest BCUT2D eigenvalue weighted by atomic mass is 32.2. The molecular formula is C25H27O3S+. The fraction of sp³-hybridized carbons (Fsp3) is 0.280. The van der Waals surface area contributed by atoms with Crippen molar-refractivity contribution in [3.05, 3.63) is 78.4 Å². The van der Waals surface area contributed by atoms with Gasteiger partial charge in [0.25, 0.3) is 0 Å². The van der Waals surface area contributed by atoms with Crippen molar-refractivity contribution in [3.63, 3.8) is 0 Å². The first-order valence-electron chi connectivity index (χ1n) is 9.90. The highest BCUT2D eigenvalue weighted by Crippen LogP contribution is 2.47. The van der Waals surface area contributed by atoms with Crippen molar-refractivity contribution < 1.29 is 14.2 Å². The predicted octanol–water partition coefficient (Wildman–Crippen LogP) is 5.52. The minimum atomic E-state index is -0.250. The SMILES string of the molecule is COCCOc1ccc([S+](c2ccccc2)c2ccccc2)c2c1OC(C)(C)C2. The molecule has 0 bridgehead atoms. The topological polar surface area (TPSA) is 27.7 Å². The molecule has 0 spiro atoms. The van der Waals surface area contributed by atoms with E-state index in [4.69, 9.17) is 14.2 Å². The Morgan fingerprint density at radius 1 is 0.862 bits per heavy atom. The summed E-state index contributed by atoms with van der Waals surface area (Å²) in [5, 5.41) is 0. The van der Waals surface area contributed by atoms with E-state index in [1.165, 1.54) is 20.2 Å². The van der Waals surface area contributed by atoms with Crippen LogP contribution >= 0.6 is 0 Å². The van der Waals surface area contributed by atoms with Crippen LogP contribution in [-0.4, -0.2) is 25.9 Å². The third-order valence-corrected chi connectivity index (χ3v) is 7.19. The zero-order valence-electron chi connectivity index (χ0n) is 17.2. The van der Waals surface area contributed by atoms with Gasteiger partial charge in [0.15, 0.2) is 26.2 Å². The van der Waals surface area contributed by atoms with Crippen LogP contribution in [0.4, 0.5) is 0 Å². The summed E-state index contributed by atoms with van der Waals surface area (Å²) < 4.78 is 17.5. The van der Waals surface area contributed by atoms with Gasteiger partial charge in [-0.1, -0.05) is 36.4 Å². The molecule has 3 aromatic rings. The summed E-state index contributed by atoms with van der Waals surface area (Å²) in [6, 6.07) is 25.7. The number of rotatable bonds is 7. The lowest BCUT2D eigenvalue weighted by atomic mass is 10.0. The fourth-order valence-corrected chi connectivity index (χ4v) is 5.90. The summed E-state index contributed by atoms with van der Waals surface area (Å²) in [5.41, 5.74) is 1.00. The van der Waals surface area contributed by atoms with Gasteiger partial charge in [0, 0.05) is 13.5 Å². The van der Waals surface area contributed by atoms with E-state index < -0.39 is 0 Å². The van der Waals surface area contributed by atoms with Crippen molar-refractivity contribution >= 4 is 10.9 Å². The second kappa shape index (κ2) is 8.52. The van der Waals surface area contributed by atoms with E-state index in [0.717, 1.165) is 17.9 Å². The lowest BCUT2D eigenvalue weighted by molar-refractivity contribution is 0.121. The Kier molecular flexibility index (Phi) is 5.84. The normalized spacial score (nSPS) is 14.5. The average molecular weight is 408 g/mol. The first-order valence-corrected chi connectivity index (χ1v) is 11.1. The Morgan fingerprint density at radius 3 is 2.07 bits per heavy atom. The van der Waals surface area contributed by atoms with Gasteiger partial charge in [-0.15, -0.1) is 0 Å². The maximum Gasteiger partial charge on any atom is 0.173 e. The highest BCUT2D eigenvalue weighted by molar-refractivity contribution is 7.97. The Hall–Kier alpha value is -2.43. The molecule has 0 unspecified atom stereocenters. The van der Waals surface area contributed by atoms with Gasteiger partial charge in [-0.3, -0.25) is 0 Å². The lowest BCUT2D eigenvalue weighted by Crippen LogP contribution is -2.25. The number of ether oxygens (including phenoxy) is 3. The van der Waals surface area contributed by atoms with Crippen molar-refractivity contribution in [2.45, 2.75) is 40.6 Å². The molecule has 0 aliphatic carbocycles. The molecule has 3 nitrogen and oxygen atoms in total. The smallest absolute Gasteiger partial charge is 0.173 e. The van der Waals surface area contributed by atoms with Crippen LogP contribution in [0.15, 0.2) is 87.5 Å². The molecule has 0 saturated carbocycles. The zero-order chi connectivity index (χ0) is 20.3. The quantitative estimate of drug-likeness (QED) is 0.381. The summed E-state index contributed by atoms with van der Waals surface area (Å²) in [5.74, 6) is 1.68. The van der Waals surface area contributed by atoms with E-state index in [9.17, 15) is 0 Å². The Balaban J connectivity index is 1.83. The van der Waals surface area contributed by atoms with E-state index in [0.29, 0.717) is 13.2 Å². The Labute approximate surface area is 176 Å². The van der Waals surface area contributed by atoms with Crippen LogP contribution in [0.25, 0.3) is 0 Å². The molecule has 150 valence electrons. The second-order valence-electron chi connectivity index (χ2n) is 7.68. The van der Waals surface area contributed by atoms with Gasteiger partial charge in [-0.05, 0) is 50.2 Å². The monoisotopic (exact) mass is 407 g/mol. The molecular weight excluding hydrogens is 380 g/mol. The molecule has 1 aliphatic rings. The molecule has 4 heteroatoms. The van der Waals surface area contributed by atoms with Crippen LogP contribution in [-0.2, 0) is 22.1 Å². The number of hydrogen-bond acceptors (Lipinski definition) is 3. The maximum atomic E-state index is 6.36. The minimum absolute atomic E-state index is 0.205. The third-order valence-electron chi connectivity index (χ3n) is 4.88. The van der Waals surface area contributed by atoms with Gasteiger partial charge >= 0.3 is 0 Å². The molecule has 0 fully saturated rings. The van der Waals surface area contributed by atoms with Crippen molar-refractivity contribution in [2.75, 3.05) is 20.3 Å². The van der Waals surface area contributed by atoms with E-state index in [2.05, 4.69) is 86.6 Å². The summed E-state index contributed by atoms with van der Waals surface area (Å²) in [6.45, 7) is 5.34. The second-order valence-corrected chi connectivity index (χ2v) is 9.68. The largest absolute Gasteiger partial charge is 0.487 e. The molecule has 0 saturated heterocycles. The summed E-state index contributed by atoms with van der Waals surface area (Å²) in [6.07, 6.45) is 0.863. The van der Waals surface area contributed by atoms with Crippen LogP contribution in [0.5, 0.6) is 11.5 Å². The van der Waals surface area contributed by atoms with Gasteiger partial charge in [0.05, 0.1) is 23.1 Å². The number of methoxy groups -OCH3 is 1. The molecule has 4 rings (SSSR count). The lowest BCUT2D eigenvalue weighted by Gasteiger charge is -2.18. The van der Waals surface area contributed by atoms with Crippen LogP contribution in [0.1, 0.15) is 19.4 Å².